The van der Waals surface area contributed by atoms with E-state index in [0.29, 0.717) is 28.2 Å². The number of carbonyl (C=O) groups is 1. The Kier molecular flexibility index (Phi) is 6.74. The number of hydrogen-bond acceptors (Lipinski definition) is 5. The molecule has 154 valence electrons. The quantitative estimate of drug-likeness (QED) is 0.437. The van der Waals surface area contributed by atoms with Gasteiger partial charge in [-0.2, -0.15) is 5.10 Å². The zero-order valence-electron chi connectivity index (χ0n) is 17.5. The van der Waals surface area contributed by atoms with Crippen LogP contribution in [0, 0.1) is 19.3 Å². The van der Waals surface area contributed by atoms with Crippen LogP contribution in [0.15, 0.2) is 29.4 Å². The number of thioether (sulfide) groups is 1. The minimum absolute atomic E-state index is 0.0911. The van der Waals surface area contributed by atoms with Crippen molar-refractivity contribution in [2.24, 2.45) is 0 Å². The summed E-state index contributed by atoms with van der Waals surface area (Å²) in [7, 11) is 0. The summed E-state index contributed by atoms with van der Waals surface area (Å²) in [6.45, 7) is 9.51. The molecule has 1 amide bonds. The number of benzene rings is 1. The summed E-state index contributed by atoms with van der Waals surface area (Å²) >= 11 is 1.36. The molecule has 0 fully saturated rings. The summed E-state index contributed by atoms with van der Waals surface area (Å²) in [5, 5.41) is 17.2. The second-order valence-electron chi connectivity index (χ2n) is 7.08. The SMILES string of the molecule is CCCCN(CC)C(=O)CSc1nc2n[nH]c(C)c2c(=N)n1-c1cccc(C)c1. The Bertz CT molecular complexity index is 1070. The van der Waals surface area contributed by atoms with E-state index in [0.717, 1.165) is 36.3 Å². The number of unbranched alkanes of at least 4 members (excludes halogenated alkanes) is 1. The van der Waals surface area contributed by atoms with E-state index in [9.17, 15) is 4.79 Å². The third-order valence-electron chi connectivity index (χ3n) is 4.88. The molecule has 1 aromatic carbocycles. The minimum Gasteiger partial charge on any atom is -0.342 e. The van der Waals surface area contributed by atoms with Crippen molar-refractivity contribution in [1.29, 1.82) is 5.41 Å². The molecular formula is C21H28N6OS. The molecule has 0 saturated carbocycles. The van der Waals surface area contributed by atoms with Crippen LogP contribution < -0.4 is 5.49 Å². The molecular weight excluding hydrogens is 384 g/mol. The van der Waals surface area contributed by atoms with Gasteiger partial charge >= 0.3 is 0 Å². The zero-order valence-corrected chi connectivity index (χ0v) is 18.3. The number of nitrogens with one attached hydrogen (secondary N) is 2. The molecule has 2 heterocycles. The van der Waals surface area contributed by atoms with Gasteiger partial charge in [0.2, 0.25) is 5.91 Å². The molecule has 0 bridgehead atoms. The molecule has 0 unspecified atom stereocenters. The summed E-state index contributed by atoms with van der Waals surface area (Å²) < 4.78 is 1.80. The van der Waals surface area contributed by atoms with Crippen LogP contribution >= 0.6 is 11.8 Å². The monoisotopic (exact) mass is 412 g/mol. The smallest absolute Gasteiger partial charge is 0.233 e. The number of carbonyl (C=O) groups excluding carboxylic acids is 1. The first kappa shape index (κ1) is 21.1. The number of rotatable bonds is 8. The maximum atomic E-state index is 12.7. The van der Waals surface area contributed by atoms with Crippen LogP contribution in [0.3, 0.4) is 0 Å². The number of aromatic amines is 1. The summed E-state index contributed by atoms with van der Waals surface area (Å²) in [5.41, 5.74) is 3.59. The normalized spacial score (nSPS) is 11.2. The molecule has 29 heavy (non-hydrogen) atoms. The van der Waals surface area contributed by atoms with E-state index < -0.39 is 0 Å². The number of H-pyrrole nitrogens is 1. The van der Waals surface area contributed by atoms with Crippen molar-refractivity contribution < 1.29 is 4.79 Å². The number of hydrogen-bond donors (Lipinski definition) is 2. The lowest BCUT2D eigenvalue weighted by Gasteiger charge is -2.21. The highest BCUT2D eigenvalue weighted by Gasteiger charge is 2.18. The van der Waals surface area contributed by atoms with Crippen LogP contribution in [-0.4, -0.2) is 49.4 Å². The molecule has 2 aromatic heterocycles. The number of amides is 1. The molecule has 3 aromatic rings. The van der Waals surface area contributed by atoms with Crippen LogP contribution in [0.1, 0.15) is 37.9 Å². The van der Waals surface area contributed by atoms with Gasteiger partial charge in [0.05, 0.1) is 11.1 Å². The Morgan fingerprint density at radius 3 is 2.79 bits per heavy atom. The highest BCUT2D eigenvalue weighted by Crippen LogP contribution is 2.22. The first-order valence-corrected chi connectivity index (χ1v) is 10.9. The highest BCUT2D eigenvalue weighted by atomic mass is 32.2. The number of nitrogens with zero attached hydrogens (tertiary/aromatic N) is 4. The van der Waals surface area contributed by atoms with Gasteiger partial charge < -0.3 is 4.90 Å². The fourth-order valence-electron chi connectivity index (χ4n) is 3.26. The van der Waals surface area contributed by atoms with Crippen molar-refractivity contribution in [1.82, 2.24) is 24.6 Å². The van der Waals surface area contributed by atoms with Gasteiger partial charge in [-0.1, -0.05) is 37.2 Å². The lowest BCUT2D eigenvalue weighted by Crippen LogP contribution is -2.33. The number of aryl methyl sites for hydroxylation is 2. The Labute approximate surface area is 175 Å². The Morgan fingerprint density at radius 1 is 1.31 bits per heavy atom. The zero-order chi connectivity index (χ0) is 21.0. The fourth-order valence-corrected chi connectivity index (χ4v) is 4.17. The van der Waals surface area contributed by atoms with E-state index in [-0.39, 0.29) is 11.7 Å². The van der Waals surface area contributed by atoms with Crippen molar-refractivity contribution in [3.05, 3.63) is 41.0 Å². The van der Waals surface area contributed by atoms with Gasteiger partial charge in [-0.3, -0.25) is 19.9 Å². The van der Waals surface area contributed by atoms with Crippen molar-refractivity contribution in [3.8, 4) is 5.69 Å². The van der Waals surface area contributed by atoms with Crippen molar-refractivity contribution in [3.63, 3.8) is 0 Å². The Morgan fingerprint density at radius 2 is 2.10 bits per heavy atom. The van der Waals surface area contributed by atoms with Gasteiger partial charge in [0.25, 0.3) is 0 Å². The minimum atomic E-state index is 0.0911. The lowest BCUT2D eigenvalue weighted by molar-refractivity contribution is -0.128. The van der Waals surface area contributed by atoms with Crippen molar-refractivity contribution >= 4 is 28.7 Å². The molecule has 0 radical (unpaired) electrons. The Balaban J connectivity index is 1.99. The van der Waals surface area contributed by atoms with Crippen LogP contribution in [0.4, 0.5) is 0 Å². The lowest BCUT2D eigenvalue weighted by atomic mass is 10.2. The summed E-state index contributed by atoms with van der Waals surface area (Å²) in [6.07, 6.45) is 2.06. The second-order valence-corrected chi connectivity index (χ2v) is 8.02. The first-order chi connectivity index (χ1) is 14.0. The van der Waals surface area contributed by atoms with Gasteiger partial charge in [-0.15, -0.1) is 0 Å². The topological polar surface area (TPSA) is 90.7 Å². The van der Waals surface area contributed by atoms with Crippen molar-refractivity contribution in [2.45, 2.75) is 45.7 Å². The maximum absolute atomic E-state index is 12.7. The van der Waals surface area contributed by atoms with E-state index in [2.05, 4.69) is 22.1 Å². The van der Waals surface area contributed by atoms with Gasteiger partial charge in [-0.05, 0) is 44.9 Å². The van der Waals surface area contributed by atoms with Gasteiger partial charge in [0.15, 0.2) is 10.8 Å². The molecule has 0 aliphatic heterocycles. The van der Waals surface area contributed by atoms with Gasteiger partial charge in [-0.25, -0.2) is 4.98 Å². The highest BCUT2D eigenvalue weighted by molar-refractivity contribution is 7.99. The molecule has 0 aliphatic rings. The summed E-state index contributed by atoms with van der Waals surface area (Å²) in [4.78, 5) is 19.3. The third-order valence-corrected chi connectivity index (χ3v) is 5.81. The summed E-state index contributed by atoms with van der Waals surface area (Å²) in [5.74, 6) is 0.374. The molecule has 3 rings (SSSR count). The maximum Gasteiger partial charge on any atom is 0.233 e. The average Bonchev–Trinajstić information content (AvgIpc) is 3.08. The fraction of sp³-hybridized carbons (Fsp3) is 0.429. The predicted octanol–water partition coefficient (Wildman–Crippen LogP) is 3.59. The van der Waals surface area contributed by atoms with Gasteiger partial charge in [0.1, 0.15) is 5.49 Å². The number of fused-ring (bicyclic) bond motifs is 1. The van der Waals surface area contributed by atoms with Crippen molar-refractivity contribution in [2.75, 3.05) is 18.8 Å². The van der Waals surface area contributed by atoms with Crippen LogP contribution in [0.2, 0.25) is 0 Å². The van der Waals surface area contributed by atoms with Crippen LogP contribution in [0.25, 0.3) is 16.7 Å². The second kappa shape index (κ2) is 9.26. The van der Waals surface area contributed by atoms with E-state index >= 15 is 0 Å². The molecule has 8 heteroatoms. The largest absolute Gasteiger partial charge is 0.342 e. The molecule has 0 aliphatic carbocycles. The predicted molar refractivity (Wildman–Crippen MR) is 116 cm³/mol. The first-order valence-electron chi connectivity index (χ1n) is 9.96. The standard InChI is InChI=1S/C21H28N6OS/c1-5-7-11-26(6-2)17(28)13-29-21-23-20-18(15(4)24-25-20)19(22)27(21)16-10-8-9-14(3)12-16/h8-10,12,22H,5-7,11,13H2,1-4H3,(H,24,25). The molecule has 0 atom stereocenters. The van der Waals surface area contributed by atoms with Crippen LogP contribution in [0.5, 0.6) is 0 Å². The molecule has 7 nitrogen and oxygen atoms in total. The number of aromatic nitrogens is 4. The molecule has 0 saturated heterocycles. The third kappa shape index (κ3) is 4.53. The van der Waals surface area contributed by atoms with E-state index in [1.807, 2.05) is 49.9 Å². The van der Waals surface area contributed by atoms with Gasteiger partial charge in [0, 0.05) is 24.5 Å². The Hall–Kier alpha value is -2.61. The molecule has 0 spiro atoms. The average molecular weight is 413 g/mol. The van der Waals surface area contributed by atoms with E-state index in [1.165, 1.54) is 11.8 Å². The summed E-state index contributed by atoms with van der Waals surface area (Å²) in [6, 6.07) is 7.96. The van der Waals surface area contributed by atoms with E-state index in [1.54, 1.807) is 4.57 Å². The van der Waals surface area contributed by atoms with Crippen LogP contribution in [-0.2, 0) is 4.79 Å². The molecule has 2 N–H and O–H groups in total. The van der Waals surface area contributed by atoms with E-state index in [4.69, 9.17) is 5.41 Å².